The number of rotatable bonds is 5. The first-order chi connectivity index (χ1) is 14.3. The van der Waals surface area contributed by atoms with Crippen LogP contribution in [0, 0.1) is 22.7 Å². The molecule has 0 saturated heterocycles. The number of hydrogen-bond acceptors (Lipinski definition) is 5. The minimum Gasteiger partial charge on any atom is -0.455 e. The monoisotopic (exact) mass is 425 g/mol. The van der Waals surface area contributed by atoms with E-state index < -0.39 is 10.0 Å². The highest BCUT2D eigenvalue weighted by molar-refractivity contribution is 7.89. The lowest BCUT2D eigenvalue weighted by atomic mass is 10.1. The van der Waals surface area contributed by atoms with Gasteiger partial charge in [0.1, 0.15) is 17.9 Å². The van der Waals surface area contributed by atoms with Gasteiger partial charge in [-0.1, -0.05) is 32.1 Å². The molecule has 0 amide bonds. The van der Waals surface area contributed by atoms with Crippen molar-refractivity contribution in [2.75, 3.05) is 0 Å². The molecule has 30 heavy (non-hydrogen) atoms. The molecule has 0 radical (unpaired) electrons. The van der Waals surface area contributed by atoms with Gasteiger partial charge >= 0.3 is 0 Å². The average molecular weight is 426 g/mol. The number of nitrogens with zero attached hydrogens (tertiary/aromatic N) is 2. The fourth-order valence-corrected chi connectivity index (χ4v) is 3.11. The van der Waals surface area contributed by atoms with Crippen LogP contribution in [0.4, 0.5) is 0 Å². The minimum atomic E-state index is -3.67. The standard InChI is InChI=1S/C18H15N3O3S.C3H6.C2H6/c1-3-13(2)21-25(22,23)17-9-7-16(8-10-17)24-18-14(11-19)5-4-6-15(18)12-20;1-3-2;1-2/h3-10,21H,1-2H3;3H,1H2,2H3;1-2H3/b13-3+;;. The van der Waals surface area contributed by atoms with E-state index in [0.717, 1.165) is 0 Å². The van der Waals surface area contributed by atoms with Crippen molar-refractivity contribution in [3.8, 4) is 23.6 Å². The van der Waals surface area contributed by atoms with Gasteiger partial charge in [-0.05, 0) is 57.2 Å². The second kappa shape index (κ2) is 13.6. The highest BCUT2D eigenvalue weighted by Crippen LogP contribution is 2.29. The van der Waals surface area contributed by atoms with Crippen LogP contribution in [0.1, 0.15) is 45.7 Å². The number of ether oxygens (including phenoxy) is 1. The first-order valence-electron chi connectivity index (χ1n) is 9.26. The Kier molecular flexibility index (Phi) is 12.0. The van der Waals surface area contributed by atoms with E-state index in [1.165, 1.54) is 24.3 Å². The topological polar surface area (TPSA) is 103 Å². The molecule has 0 bridgehead atoms. The van der Waals surface area contributed by atoms with E-state index in [4.69, 9.17) is 15.3 Å². The Morgan fingerprint density at radius 2 is 1.50 bits per heavy atom. The van der Waals surface area contributed by atoms with Crippen LogP contribution in [0.25, 0.3) is 0 Å². The molecule has 6 nitrogen and oxygen atoms in total. The third-order valence-electron chi connectivity index (χ3n) is 3.34. The molecular formula is C23H27N3O3S. The maximum Gasteiger partial charge on any atom is 0.261 e. The summed E-state index contributed by atoms with van der Waals surface area (Å²) < 4.78 is 32.4. The molecule has 1 N–H and O–H groups in total. The average Bonchev–Trinajstić information content (AvgIpc) is 2.76. The van der Waals surface area contributed by atoms with Crippen molar-refractivity contribution < 1.29 is 13.2 Å². The van der Waals surface area contributed by atoms with E-state index in [9.17, 15) is 8.42 Å². The van der Waals surface area contributed by atoms with Crippen LogP contribution >= 0.6 is 0 Å². The Bertz CT molecular complexity index is 1010. The van der Waals surface area contributed by atoms with Crippen molar-refractivity contribution >= 4 is 10.0 Å². The third-order valence-corrected chi connectivity index (χ3v) is 4.82. The summed E-state index contributed by atoms with van der Waals surface area (Å²) in [5.74, 6) is 0.465. The van der Waals surface area contributed by atoms with Crippen molar-refractivity contribution in [1.29, 1.82) is 10.5 Å². The van der Waals surface area contributed by atoms with E-state index in [0.29, 0.717) is 11.4 Å². The number of nitrogens with one attached hydrogen (secondary N) is 1. The van der Waals surface area contributed by atoms with Gasteiger partial charge in [0.2, 0.25) is 0 Å². The summed E-state index contributed by atoms with van der Waals surface area (Å²) >= 11 is 0. The molecule has 0 heterocycles. The molecule has 2 rings (SSSR count). The van der Waals surface area contributed by atoms with E-state index >= 15 is 0 Å². The summed E-state index contributed by atoms with van der Waals surface area (Å²) in [6.07, 6.45) is 3.40. The van der Waals surface area contributed by atoms with Gasteiger partial charge < -0.3 is 4.74 Å². The van der Waals surface area contributed by atoms with Crippen LogP contribution in [-0.2, 0) is 10.0 Å². The zero-order valence-corrected chi connectivity index (χ0v) is 18.7. The molecule has 0 aromatic heterocycles. The quantitative estimate of drug-likeness (QED) is 0.624. The summed E-state index contributed by atoms with van der Waals surface area (Å²) in [5, 5.41) is 18.3. The minimum absolute atomic E-state index is 0.0788. The lowest BCUT2D eigenvalue weighted by molar-refractivity contribution is 0.479. The van der Waals surface area contributed by atoms with Gasteiger partial charge in [-0.15, -0.1) is 6.58 Å². The van der Waals surface area contributed by atoms with Gasteiger partial charge in [0.05, 0.1) is 16.0 Å². The molecule has 158 valence electrons. The van der Waals surface area contributed by atoms with E-state index in [2.05, 4.69) is 11.3 Å². The van der Waals surface area contributed by atoms with Crippen molar-refractivity contribution in [1.82, 2.24) is 4.72 Å². The highest BCUT2D eigenvalue weighted by Gasteiger charge is 2.15. The molecule has 0 aliphatic carbocycles. The van der Waals surface area contributed by atoms with Gasteiger partial charge in [-0.2, -0.15) is 10.5 Å². The zero-order chi connectivity index (χ0) is 23.2. The van der Waals surface area contributed by atoms with E-state index in [1.807, 2.05) is 32.9 Å². The molecule has 0 atom stereocenters. The normalized spacial score (nSPS) is 10.0. The molecule has 0 saturated carbocycles. The molecule has 0 unspecified atom stereocenters. The lowest BCUT2D eigenvalue weighted by Gasteiger charge is -2.11. The van der Waals surface area contributed by atoms with Crippen LogP contribution in [0.5, 0.6) is 11.5 Å². The molecular weight excluding hydrogens is 398 g/mol. The Labute approximate surface area is 179 Å². The van der Waals surface area contributed by atoms with Gasteiger partial charge in [0, 0.05) is 5.70 Å². The third kappa shape index (κ3) is 7.83. The number of para-hydroxylation sites is 1. The maximum atomic E-state index is 12.2. The second-order valence-corrected chi connectivity index (χ2v) is 7.15. The predicted octanol–water partition coefficient (Wildman–Crippen LogP) is 5.64. The Morgan fingerprint density at radius 1 is 1.03 bits per heavy atom. The molecule has 0 aliphatic heterocycles. The molecule has 0 aliphatic rings. The fourth-order valence-electron chi connectivity index (χ4n) is 1.96. The maximum absolute atomic E-state index is 12.2. The second-order valence-electron chi connectivity index (χ2n) is 5.46. The Balaban J connectivity index is 0.00000154. The fraction of sp³-hybridized carbons (Fsp3) is 0.217. The Morgan fingerprint density at radius 3 is 1.90 bits per heavy atom. The number of sulfonamides is 1. The van der Waals surface area contributed by atoms with Crippen molar-refractivity contribution in [2.24, 2.45) is 0 Å². The van der Waals surface area contributed by atoms with Crippen molar-refractivity contribution in [3.05, 3.63) is 78.0 Å². The van der Waals surface area contributed by atoms with E-state index in [1.54, 1.807) is 44.2 Å². The van der Waals surface area contributed by atoms with E-state index in [-0.39, 0.29) is 21.8 Å². The number of benzene rings is 2. The smallest absolute Gasteiger partial charge is 0.261 e. The van der Waals surface area contributed by atoms with Gasteiger partial charge in [0.15, 0.2) is 5.75 Å². The summed E-state index contributed by atoms with van der Waals surface area (Å²) in [5.41, 5.74) is 0.962. The summed E-state index contributed by atoms with van der Waals surface area (Å²) in [6, 6.07) is 14.3. The number of allylic oxidation sites excluding steroid dienone is 3. The van der Waals surface area contributed by atoms with Crippen LogP contribution < -0.4 is 9.46 Å². The number of hydrogen-bond donors (Lipinski definition) is 1. The molecule has 0 spiro atoms. The summed E-state index contributed by atoms with van der Waals surface area (Å²) in [7, 11) is -3.67. The SMILES string of the molecule is C/C=C(\C)NS(=O)(=O)c1ccc(Oc2c(C#N)cccc2C#N)cc1.C=CC.CC. The lowest BCUT2D eigenvalue weighted by Crippen LogP contribution is -2.21. The predicted molar refractivity (Wildman–Crippen MR) is 119 cm³/mol. The summed E-state index contributed by atoms with van der Waals surface area (Å²) in [4.78, 5) is 0.0788. The van der Waals surface area contributed by atoms with Crippen molar-refractivity contribution in [2.45, 2.75) is 39.5 Å². The van der Waals surface area contributed by atoms with Gasteiger partial charge in [-0.3, -0.25) is 4.72 Å². The molecule has 7 heteroatoms. The molecule has 0 fully saturated rings. The summed E-state index contributed by atoms with van der Waals surface area (Å²) in [6.45, 7) is 12.6. The van der Waals surface area contributed by atoms with Crippen LogP contribution in [-0.4, -0.2) is 8.42 Å². The first-order valence-corrected chi connectivity index (χ1v) is 10.7. The largest absolute Gasteiger partial charge is 0.455 e. The van der Waals surface area contributed by atoms with Crippen LogP contribution in [0.15, 0.2) is 71.8 Å². The zero-order valence-electron chi connectivity index (χ0n) is 17.9. The number of nitriles is 2. The van der Waals surface area contributed by atoms with Crippen molar-refractivity contribution in [3.63, 3.8) is 0 Å². The van der Waals surface area contributed by atoms with Gasteiger partial charge in [-0.25, -0.2) is 8.42 Å². The van der Waals surface area contributed by atoms with Crippen LogP contribution in [0.3, 0.4) is 0 Å². The Hall–Kier alpha value is -3.55. The first kappa shape index (κ1) is 26.4. The molecule has 2 aromatic carbocycles. The van der Waals surface area contributed by atoms with Gasteiger partial charge in [0.25, 0.3) is 10.0 Å². The van der Waals surface area contributed by atoms with Crippen LogP contribution in [0.2, 0.25) is 0 Å². The molecule has 2 aromatic rings. The highest BCUT2D eigenvalue weighted by atomic mass is 32.2.